The molecule has 17 heteroatoms. The number of likely N-dealkylation sites (tertiary alicyclic amines) is 1. The van der Waals surface area contributed by atoms with E-state index in [1.165, 1.54) is 0 Å². The minimum Gasteiger partial charge on any atom is -0.473 e. The van der Waals surface area contributed by atoms with Crippen molar-refractivity contribution in [3.05, 3.63) is 71.2 Å². The molecule has 7 heterocycles. The number of hydrogen-bond donors (Lipinski definition) is 1. The lowest BCUT2D eigenvalue weighted by Gasteiger charge is -2.32. The second-order valence-electron chi connectivity index (χ2n) is 12.0. The van der Waals surface area contributed by atoms with Crippen molar-refractivity contribution < 1.29 is 36.2 Å². The van der Waals surface area contributed by atoms with E-state index >= 15 is 0 Å². The van der Waals surface area contributed by atoms with Gasteiger partial charge in [0.15, 0.2) is 5.82 Å². The normalized spacial score (nSPS) is 17.5. The molecule has 2 aliphatic rings. The van der Waals surface area contributed by atoms with Gasteiger partial charge in [-0.25, -0.2) is 15.0 Å². The number of alkyl halides is 5. The van der Waals surface area contributed by atoms with Crippen LogP contribution in [0.1, 0.15) is 53.8 Å². The predicted octanol–water partition coefficient (Wildman–Crippen LogP) is 5.68. The molecule has 0 radical (unpaired) electrons. The van der Waals surface area contributed by atoms with Gasteiger partial charge in [-0.1, -0.05) is 6.07 Å². The monoisotopic (exact) mass is 685 g/mol. The fraction of sp³-hybridized carbons (Fsp3) is 0.438. The Morgan fingerprint density at radius 1 is 1.04 bits per heavy atom. The molecule has 12 nitrogen and oxygen atoms in total. The molecule has 1 N–H and O–H groups in total. The standard InChI is InChI=1S/C32H32F5N9O3/c1-18-5-6-20(29(39-18)49-31(33)34)17-48-27-4-2-3-22(41-27)19-7-10-45(11-8-19)16-26-40-23-13-24(28-42-30(44-43-28)32(35,36)37)38-14-25(23)46(26)15-21-9-12-47-21/h2-6,13-14,19,21,31H,7-12,15-17H2,1H3,(H,42,43,44)/t21-/m0/s1. The second kappa shape index (κ2) is 13.6. The molecule has 49 heavy (non-hydrogen) atoms. The molecule has 258 valence electrons. The Morgan fingerprint density at radius 3 is 2.57 bits per heavy atom. The number of imidazole rings is 1. The molecule has 0 saturated carbocycles. The summed E-state index contributed by atoms with van der Waals surface area (Å²) in [5.74, 6) is -0.0642. The topological polar surface area (TPSA) is 129 Å². The van der Waals surface area contributed by atoms with Crippen LogP contribution in [0.15, 0.2) is 42.6 Å². The molecule has 5 aromatic heterocycles. The van der Waals surface area contributed by atoms with Gasteiger partial charge in [-0.05, 0) is 63.5 Å². The van der Waals surface area contributed by atoms with Crippen LogP contribution in [-0.2, 0) is 30.6 Å². The fourth-order valence-electron chi connectivity index (χ4n) is 6.00. The van der Waals surface area contributed by atoms with Crippen molar-refractivity contribution in [3.63, 3.8) is 0 Å². The van der Waals surface area contributed by atoms with E-state index in [-0.39, 0.29) is 36.0 Å². The van der Waals surface area contributed by atoms with Crippen molar-refractivity contribution in [2.45, 2.75) is 70.7 Å². The van der Waals surface area contributed by atoms with Gasteiger partial charge in [-0.2, -0.15) is 22.0 Å². The molecule has 0 aliphatic carbocycles. The van der Waals surface area contributed by atoms with Crippen LogP contribution in [0.4, 0.5) is 22.0 Å². The number of pyridine rings is 3. The lowest BCUT2D eigenvalue weighted by Crippen LogP contribution is -2.35. The molecule has 0 unspecified atom stereocenters. The summed E-state index contributed by atoms with van der Waals surface area (Å²) in [6.45, 7) is 2.09. The number of nitrogens with zero attached hydrogens (tertiary/aromatic N) is 8. The lowest BCUT2D eigenvalue weighted by atomic mass is 9.93. The van der Waals surface area contributed by atoms with Gasteiger partial charge in [0.2, 0.25) is 17.6 Å². The minimum absolute atomic E-state index is 0.0266. The first-order valence-corrected chi connectivity index (χ1v) is 15.8. The van der Waals surface area contributed by atoms with E-state index in [0.29, 0.717) is 42.4 Å². The van der Waals surface area contributed by atoms with Gasteiger partial charge >= 0.3 is 12.8 Å². The van der Waals surface area contributed by atoms with Gasteiger partial charge in [0.05, 0.1) is 42.0 Å². The van der Waals surface area contributed by atoms with Crippen molar-refractivity contribution in [1.29, 1.82) is 0 Å². The number of nitrogens with one attached hydrogen (secondary N) is 1. The molecule has 0 amide bonds. The fourth-order valence-corrected chi connectivity index (χ4v) is 6.00. The molecule has 0 bridgehead atoms. The number of piperidine rings is 1. The van der Waals surface area contributed by atoms with Gasteiger partial charge in [0, 0.05) is 30.0 Å². The molecule has 2 aliphatic heterocycles. The molecule has 7 rings (SSSR count). The zero-order valence-electron chi connectivity index (χ0n) is 26.3. The van der Waals surface area contributed by atoms with E-state index in [1.54, 1.807) is 37.4 Å². The van der Waals surface area contributed by atoms with E-state index in [0.717, 1.165) is 49.4 Å². The maximum Gasteiger partial charge on any atom is 0.451 e. The molecule has 5 aromatic rings. The Morgan fingerprint density at radius 2 is 1.86 bits per heavy atom. The summed E-state index contributed by atoms with van der Waals surface area (Å²) in [6.07, 6.45) is -0.379. The Bertz CT molecular complexity index is 1920. The number of fused-ring (bicyclic) bond motifs is 1. The highest BCUT2D eigenvalue weighted by Crippen LogP contribution is 2.31. The van der Waals surface area contributed by atoms with Crippen LogP contribution in [0.25, 0.3) is 22.6 Å². The Labute approximate surface area is 276 Å². The third-order valence-corrected chi connectivity index (χ3v) is 8.66. The summed E-state index contributed by atoms with van der Waals surface area (Å²) >= 11 is 0. The third kappa shape index (κ3) is 7.46. The molecule has 0 aromatic carbocycles. The van der Waals surface area contributed by atoms with Crippen LogP contribution in [-0.4, -0.2) is 77.0 Å². The molecule has 1 atom stereocenters. The molecule has 2 fully saturated rings. The summed E-state index contributed by atoms with van der Waals surface area (Å²) in [4.78, 5) is 22.5. The first-order valence-electron chi connectivity index (χ1n) is 15.8. The van der Waals surface area contributed by atoms with Gasteiger partial charge in [-0.3, -0.25) is 9.88 Å². The Hall–Kier alpha value is -4.77. The smallest absolute Gasteiger partial charge is 0.451 e. The zero-order chi connectivity index (χ0) is 34.1. The minimum atomic E-state index is -4.65. The highest BCUT2D eigenvalue weighted by Gasteiger charge is 2.35. The molecule has 0 spiro atoms. The molecule has 2 saturated heterocycles. The summed E-state index contributed by atoms with van der Waals surface area (Å²) < 4.78 is 83.2. The number of halogens is 5. The predicted molar refractivity (Wildman–Crippen MR) is 164 cm³/mol. The van der Waals surface area contributed by atoms with Crippen molar-refractivity contribution >= 4 is 11.0 Å². The first kappa shape index (κ1) is 32.8. The number of aryl methyl sites for hydroxylation is 1. The van der Waals surface area contributed by atoms with Crippen molar-refractivity contribution in [3.8, 4) is 23.3 Å². The summed E-state index contributed by atoms with van der Waals surface area (Å²) in [7, 11) is 0. The number of aromatic nitrogens is 8. The van der Waals surface area contributed by atoms with E-state index in [1.807, 2.05) is 12.1 Å². The first-order chi connectivity index (χ1) is 23.6. The number of H-pyrrole nitrogens is 1. The maximum atomic E-state index is 13.1. The van der Waals surface area contributed by atoms with Gasteiger partial charge in [0.25, 0.3) is 0 Å². The highest BCUT2D eigenvalue weighted by atomic mass is 19.4. The second-order valence-corrected chi connectivity index (χ2v) is 12.0. The average molecular weight is 686 g/mol. The number of aromatic amines is 1. The summed E-state index contributed by atoms with van der Waals surface area (Å²) in [5, 5.41) is 6.84. The maximum absolute atomic E-state index is 13.1. The Kier molecular flexibility index (Phi) is 9.11. The molecular formula is C32H32F5N9O3. The number of hydrogen-bond acceptors (Lipinski definition) is 10. The quantitative estimate of drug-likeness (QED) is 0.173. The van der Waals surface area contributed by atoms with Crippen LogP contribution < -0.4 is 9.47 Å². The molecular weight excluding hydrogens is 653 g/mol. The van der Waals surface area contributed by atoms with E-state index in [9.17, 15) is 22.0 Å². The number of ether oxygens (including phenoxy) is 3. The van der Waals surface area contributed by atoms with Gasteiger partial charge in [-0.15, -0.1) is 10.2 Å². The largest absolute Gasteiger partial charge is 0.473 e. The SMILES string of the molecule is Cc1ccc(COc2cccc(C3CCN(Cc4nc5cc(-c6nnc(C(F)(F)F)[nH]6)ncc5n4C[C@@H]4CCO4)CC3)n2)c(OC(F)F)n1. The van der Waals surface area contributed by atoms with Crippen LogP contribution in [0.2, 0.25) is 0 Å². The highest BCUT2D eigenvalue weighted by molar-refractivity contribution is 5.78. The van der Waals surface area contributed by atoms with Crippen LogP contribution in [0.3, 0.4) is 0 Å². The lowest BCUT2D eigenvalue weighted by molar-refractivity contribution is -0.144. The zero-order valence-corrected chi connectivity index (χ0v) is 26.3. The third-order valence-electron chi connectivity index (χ3n) is 8.66. The van der Waals surface area contributed by atoms with Crippen LogP contribution >= 0.6 is 0 Å². The summed E-state index contributed by atoms with van der Waals surface area (Å²) in [6, 6.07) is 10.5. The Balaban J connectivity index is 1.02. The van der Waals surface area contributed by atoms with E-state index < -0.39 is 18.6 Å². The number of rotatable bonds is 11. The average Bonchev–Trinajstić information content (AvgIpc) is 3.68. The van der Waals surface area contributed by atoms with Gasteiger partial charge in [0.1, 0.15) is 18.1 Å². The van der Waals surface area contributed by atoms with Crippen molar-refractivity contribution in [2.24, 2.45) is 0 Å². The van der Waals surface area contributed by atoms with Crippen LogP contribution in [0.5, 0.6) is 11.8 Å². The van der Waals surface area contributed by atoms with Gasteiger partial charge < -0.3 is 23.8 Å². The van der Waals surface area contributed by atoms with Crippen LogP contribution in [0, 0.1) is 6.92 Å². The van der Waals surface area contributed by atoms with E-state index in [4.69, 9.17) is 19.4 Å². The van der Waals surface area contributed by atoms with Crippen molar-refractivity contribution in [1.82, 2.24) is 44.6 Å². The summed E-state index contributed by atoms with van der Waals surface area (Å²) in [5.41, 5.74) is 3.39. The van der Waals surface area contributed by atoms with E-state index in [2.05, 4.69) is 39.4 Å². The van der Waals surface area contributed by atoms with Crippen molar-refractivity contribution in [2.75, 3.05) is 19.7 Å².